The molecule has 0 bridgehead atoms. The van der Waals surface area contributed by atoms with Gasteiger partial charge in [-0.25, -0.2) is 0 Å². The Morgan fingerprint density at radius 3 is 1.95 bits per heavy atom. The van der Waals surface area contributed by atoms with E-state index in [1.165, 1.54) is 64.6 Å². The van der Waals surface area contributed by atoms with E-state index in [0.717, 1.165) is 5.92 Å². The largest absolute Gasteiger partial charge is 0.375 e. The molecule has 1 N–H and O–H groups in total. The van der Waals surface area contributed by atoms with E-state index in [9.17, 15) is 0 Å². The lowest BCUT2D eigenvalue weighted by Crippen LogP contribution is -2.40. The highest BCUT2D eigenvalue weighted by Gasteiger charge is 2.23. The van der Waals surface area contributed by atoms with Crippen molar-refractivity contribution in [2.45, 2.75) is 71.0 Å². The summed E-state index contributed by atoms with van der Waals surface area (Å²) in [6.07, 6.45) is 10.5. The van der Waals surface area contributed by atoms with Crippen LogP contribution in [0, 0.1) is 5.92 Å². The molecular formula is C17H36N2O. The molecule has 3 nitrogen and oxygen atoms in total. The molecule has 0 aromatic rings. The molecule has 2 aliphatic rings. The van der Waals surface area contributed by atoms with Crippen molar-refractivity contribution in [3.63, 3.8) is 0 Å². The van der Waals surface area contributed by atoms with E-state index in [2.05, 4.69) is 24.1 Å². The maximum Gasteiger partial charge on any atom is 0.0603 e. The average Bonchev–Trinajstić information content (AvgIpc) is 2.42. The van der Waals surface area contributed by atoms with E-state index >= 15 is 0 Å². The fraction of sp³-hybridized carbons (Fsp3) is 1.00. The van der Waals surface area contributed by atoms with Crippen LogP contribution in [0.5, 0.6) is 0 Å². The Morgan fingerprint density at radius 2 is 1.45 bits per heavy atom. The van der Waals surface area contributed by atoms with Crippen LogP contribution in [-0.2, 0) is 4.74 Å². The van der Waals surface area contributed by atoms with Crippen LogP contribution in [-0.4, -0.2) is 50.8 Å². The molecule has 0 aromatic carbocycles. The first kappa shape index (κ1) is 17.9. The van der Waals surface area contributed by atoms with Gasteiger partial charge >= 0.3 is 0 Å². The molecule has 20 heavy (non-hydrogen) atoms. The minimum absolute atomic E-state index is 0.557. The van der Waals surface area contributed by atoms with Gasteiger partial charge in [0.25, 0.3) is 0 Å². The predicted molar refractivity (Wildman–Crippen MR) is 87.2 cm³/mol. The summed E-state index contributed by atoms with van der Waals surface area (Å²) in [5, 5.41) is 2.75. The minimum atomic E-state index is 0.557. The fourth-order valence-electron chi connectivity index (χ4n) is 3.22. The molecule has 3 heteroatoms. The Hall–Kier alpha value is -0.120. The molecule has 0 spiro atoms. The minimum Gasteiger partial charge on any atom is -0.375 e. The summed E-state index contributed by atoms with van der Waals surface area (Å²) >= 11 is 0. The lowest BCUT2D eigenvalue weighted by molar-refractivity contribution is -0.0566. The molecule has 1 saturated heterocycles. The normalized spacial score (nSPS) is 22.6. The van der Waals surface area contributed by atoms with Crippen LogP contribution in [0.25, 0.3) is 0 Å². The van der Waals surface area contributed by atoms with Crippen LogP contribution in [0.15, 0.2) is 0 Å². The maximum atomic E-state index is 6.26. The topological polar surface area (TPSA) is 24.5 Å². The van der Waals surface area contributed by atoms with Gasteiger partial charge in [-0.1, -0.05) is 33.1 Å². The molecule has 0 atom stereocenters. The molecule has 1 heterocycles. The number of nitrogens with zero attached hydrogens (tertiary/aromatic N) is 1. The molecule has 0 amide bonds. The number of ether oxygens (including phenoxy) is 1. The molecule has 1 aliphatic carbocycles. The molecule has 0 aromatic heterocycles. The molecule has 2 fully saturated rings. The first-order valence-corrected chi connectivity index (χ1v) is 8.62. The van der Waals surface area contributed by atoms with Gasteiger partial charge in [-0.2, -0.15) is 0 Å². The predicted octanol–water partition coefficient (Wildman–Crippen LogP) is 3.29. The van der Waals surface area contributed by atoms with E-state index in [1.807, 2.05) is 14.1 Å². The second kappa shape index (κ2) is 10.6. The highest BCUT2D eigenvalue weighted by molar-refractivity contribution is 4.75. The fourth-order valence-corrected chi connectivity index (χ4v) is 3.22. The Balaban J connectivity index is 0.000000612. The Bertz CT molecular complexity index is 219. The maximum absolute atomic E-state index is 6.26. The van der Waals surface area contributed by atoms with Gasteiger partial charge in [0.1, 0.15) is 0 Å². The molecule has 1 saturated carbocycles. The van der Waals surface area contributed by atoms with Crippen molar-refractivity contribution in [3.8, 4) is 0 Å². The molecule has 0 radical (unpaired) electrons. The van der Waals surface area contributed by atoms with E-state index in [0.29, 0.717) is 12.2 Å². The summed E-state index contributed by atoms with van der Waals surface area (Å²) in [5.41, 5.74) is 0. The zero-order chi connectivity index (χ0) is 14.8. The van der Waals surface area contributed by atoms with E-state index in [-0.39, 0.29) is 0 Å². The third kappa shape index (κ3) is 7.61. The van der Waals surface area contributed by atoms with Gasteiger partial charge < -0.3 is 15.0 Å². The van der Waals surface area contributed by atoms with E-state index < -0.39 is 0 Å². The number of hydrogen-bond acceptors (Lipinski definition) is 3. The van der Waals surface area contributed by atoms with Crippen molar-refractivity contribution in [1.29, 1.82) is 0 Å². The second-order valence-electron chi connectivity index (χ2n) is 6.79. The van der Waals surface area contributed by atoms with Crippen LogP contribution in [0.1, 0.15) is 58.8 Å². The second-order valence-corrected chi connectivity index (χ2v) is 6.79. The SMILES string of the molecule is CC(C)CN1CCC(OC2CCCCC2)CC1.CNC. The standard InChI is InChI=1S/C15H29NO.C2H7N/c1-13(2)12-16-10-8-15(9-11-16)17-14-6-4-3-5-7-14;1-3-2/h13-15H,3-12H2,1-2H3;3H,1-2H3. The van der Waals surface area contributed by atoms with Gasteiger partial charge in [0.05, 0.1) is 12.2 Å². The van der Waals surface area contributed by atoms with Crippen LogP contribution in [0.2, 0.25) is 0 Å². The van der Waals surface area contributed by atoms with E-state index in [4.69, 9.17) is 4.74 Å². The zero-order valence-electron chi connectivity index (χ0n) is 14.2. The smallest absolute Gasteiger partial charge is 0.0603 e. The average molecular weight is 284 g/mol. The number of hydrogen-bond donors (Lipinski definition) is 1. The Morgan fingerprint density at radius 1 is 0.950 bits per heavy atom. The molecule has 2 rings (SSSR count). The summed E-state index contributed by atoms with van der Waals surface area (Å²) in [6.45, 7) is 8.37. The zero-order valence-corrected chi connectivity index (χ0v) is 14.2. The Kier molecular flexibility index (Phi) is 9.49. The highest BCUT2D eigenvalue weighted by atomic mass is 16.5. The third-order valence-electron chi connectivity index (χ3n) is 4.10. The van der Waals surface area contributed by atoms with Crippen molar-refractivity contribution < 1.29 is 4.74 Å². The number of piperidine rings is 1. The van der Waals surface area contributed by atoms with Gasteiger partial charge in [0.2, 0.25) is 0 Å². The van der Waals surface area contributed by atoms with Crippen molar-refractivity contribution in [3.05, 3.63) is 0 Å². The Labute approximate surface area is 126 Å². The highest BCUT2D eigenvalue weighted by Crippen LogP contribution is 2.24. The molecule has 120 valence electrons. The van der Waals surface area contributed by atoms with Crippen LogP contribution in [0.3, 0.4) is 0 Å². The van der Waals surface area contributed by atoms with Crippen LogP contribution < -0.4 is 5.32 Å². The summed E-state index contributed by atoms with van der Waals surface area (Å²) in [7, 11) is 3.75. The monoisotopic (exact) mass is 284 g/mol. The van der Waals surface area contributed by atoms with Crippen molar-refractivity contribution in [2.75, 3.05) is 33.7 Å². The summed E-state index contributed by atoms with van der Waals surface area (Å²) in [4.78, 5) is 2.60. The summed E-state index contributed by atoms with van der Waals surface area (Å²) in [6, 6.07) is 0. The van der Waals surface area contributed by atoms with Crippen molar-refractivity contribution >= 4 is 0 Å². The number of likely N-dealkylation sites (tertiary alicyclic amines) is 1. The number of nitrogens with one attached hydrogen (secondary N) is 1. The molecule has 0 unspecified atom stereocenters. The van der Waals surface area contributed by atoms with Gasteiger partial charge in [-0.05, 0) is 45.7 Å². The van der Waals surface area contributed by atoms with Crippen molar-refractivity contribution in [2.24, 2.45) is 5.92 Å². The molecule has 1 aliphatic heterocycles. The van der Waals surface area contributed by atoms with Crippen LogP contribution in [0.4, 0.5) is 0 Å². The summed E-state index contributed by atoms with van der Waals surface area (Å²) < 4.78 is 6.26. The molecular weight excluding hydrogens is 248 g/mol. The van der Waals surface area contributed by atoms with Gasteiger partial charge in [0.15, 0.2) is 0 Å². The van der Waals surface area contributed by atoms with Gasteiger partial charge in [0, 0.05) is 19.6 Å². The van der Waals surface area contributed by atoms with E-state index in [1.54, 1.807) is 0 Å². The quantitative estimate of drug-likeness (QED) is 0.857. The lowest BCUT2D eigenvalue weighted by Gasteiger charge is -2.35. The van der Waals surface area contributed by atoms with Gasteiger partial charge in [-0.15, -0.1) is 0 Å². The van der Waals surface area contributed by atoms with Crippen LogP contribution >= 0.6 is 0 Å². The first-order chi connectivity index (χ1) is 9.65. The first-order valence-electron chi connectivity index (χ1n) is 8.62. The third-order valence-corrected chi connectivity index (χ3v) is 4.10. The van der Waals surface area contributed by atoms with Gasteiger partial charge in [-0.3, -0.25) is 0 Å². The lowest BCUT2D eigenvalue weighted by atomic mass is 9.97. The van der Waals surface area contributed by atoms with Crippen molar-refractivity contribution in [1.82, 2.24) is 10.2 Å². The summed E-state index contributed by atoms with van der Waals surface area (Å²) in [5.74, 6) is 0.797. The number of rotatable bonds is 4.